The van der Waals surface area contributed by atoms with Crippen LogP contribution in [0.15, 0.2) is 29.1 Å². The number of benzene rings is 1. The van der Waals surface area contributed by atoms with Crippen molar-refractivity contribution in [2.24, 2.45) is 0 Å². The molecule has 0 saturated heterocycles. The molecule has 0 saturated carbocycles. The largest absolute Gasteiger partial charge is 0.697 e. The van der Waals surface area contributed by atoms with Crippen molar-refractivity contribution < 1.29 is 26.8 Å². The first-order valence-electron chi connectivity index (χ1n) is 6.91. The van der Waals surface area contributed by atoms with Gasteiger partial charge in [0.15, 0.2) is 0 Å². The second-order valence-electron chi connectivity index (χ2n) is 4.41. The topological polar surface area (TPSA) is 94.4 Å². The van der Waals surface area contributed by atoms with Gasteiger partial charge in [-0.25, -0.2) is 0 Å². The minimum atomic E-state index is -4.52. The first-order chi connectivity index (χ1) is 11.2. The molecule has 0 bridgehead atoms. The Balaban J connectivity index is 0.000000307. The molecule has 2 aromatic rings. The zero-order valence-corrected chi connectivity index (χ0v) is 13.9. The van der Waals surface area contributed by atoms with Gasteiger partial charge in [0.05, 0.1) is 5.56 Å². The number of anilines is 1. The van der Waals surface area contributed by atoms with Crippen molar-refractivity contribution in [1.29, 1.82) is 0 Å². The van der Waals surface area contributed by atoms with E-state index in [1.165, 1.54) is 18.2 Å². The Morgan fingerprint density at radius 3 is 2.25 bits per heavy atom. The van der Waals surface area contributed by atoms with Gasteiger partial charge in [0.1, 0.15) is 13.2 Å². The first-order valence-corrected chi connectivity index (χ1v) is 8.01. The van der Waals surface area contributed by atoms with E-state index in [2.05, 4.69) is 14.0 Å². The van der Waals surface area contributed by atoms with E-state index < -0.39 is 25.6 Å². The molecule has 0 amide bonds. The Bertz CT molecular complexity index is 754. The van der Waals surface area contributed by atoms with Gasteiger partial charge < -0.3 is 10.7 Å². The van der Waals surface area contributed by atoms with Crippen LogP contribution in [-0.2, 0) is 19.8 Å². The monoisotopic (exact) mass is 365 g/mol. The number of alkyl halides is 3. The summed E-state index contributed by atoms with van der Waals surface area (Å²) in [6, 6.07) is 4.68. The van der Waals surface area contributed by atoms with Crippen molar-refractivity contribution in [1.82, 2.24) is 4.98 Å². The number of hydrogen-bond acceptors (Lipinski definition) is 5. The van der Waals surface area contributed by atoms with E-state index in [1.807, 2.05) is 0 Å². The fourth-order valence-electron chi connectivity index (χ4n) is 1.71. The number of fused-ring (bicyclic) bond motifs is 1. The molecule has 0 fully saturated rings. The lowest BCUT2D eigenvalue weighted by molar-refractivity contribution is -0.136. The average Bonchev–Trinajstić information content (AvgIpc) is 2.47. The van der Waals surface area contributed by atoms with Gasteiger partial charge >= 0.3 is 14.4 Å². The van der Waals surface area contributed by atoms with Gasteiger partial charge in [-0.05, 0) is 32.0 Å². The van der Waals surface area contributed by atoms with Crippen LogP contribution in [0.3, 0.4) is 0 Å². The van der Waals surface area contributed by atoms with Gasteiger partial charge in [-0.15, -0.1) is 9.05 Å². The maximum absolute atomic E-state index is 12.5. The summed E-state index contributed by atoms with van der Waals surface area (Å²) in [6.45, 7) is 4.42. The third kappa shape index (κ3) is 5.92. The molecule has 0 radical (unpaired) electrons. The first kappa shape index (κ1) is 20.1. The molecule has 6 nitrogen and oxygen atoms in total. The number of nitrogens with two attached hydrogens (primary N) is 1. The lowest BCUT2D eigenvalue weighted by atomic mass is 10.1. The molecule has 0 spiro atoms. The van der Waals surface area contributed by atoms with Gasteiger partial charge in [-0.3, -0.25) is 4.79 Å². The Labute approximate surface area is 136 Å². The summed E-state index contributed by atoms with van der Waals surface area (Å²) in [5, 5.41) is 0.463. The quantitative estimate of drug-likeness (QED) is 0.634. The fourth-order valence-corrected chi connectivity index (χ4v) is 2.21. The molecule has 0 unspecified atom stereocenters. The number of H-pyrrole nitrogens is 1. The molecule has 0 atom stereocenters. The zero-order chi connectivity index (χ0) is 18.3. The molecular weight excluding hydrogens is 348 g/mol. The van der Waals surface area contributed by atoms with Crippen molar-refractivity contribution in [2.75, 3.05) is 18.9 Å². The average molecular weight is 365 g/mol. The molecule has 24 heavy (non-hydrogen) atoms. The molecule has 10 heteroatoms. The van der Waals surface area contributed by atoms with E-state index in [0.29, 0.717) is 18.6 Å². The normalized spacial score (nSPS) is 11.0. The molecule has 2 rings (SSSR count). The van der Waals surface area contributed by atoms with E-state index in [1.54, 1.807) is 13.8 Å². The molecule has 1 aromatic heterocycles. The summed E-state index contributed by atoms with van der Waals surface area (Å²) < 4.78 is 57.0. The number of hydrogen-bond donors (Lipinski definition) is 2. The van der Waals surface area contributed by atoms with Gasteiger partial charge in [-0.2, -0.15) is 13.2 Å². The van der Waals surface area contributed by atoms with Crippen LogP contribution in [0.2, 0.25) is 0 Å². The zero-order valence-electron chi connectivity index (χ0n) is 13.0. The van der Waals surface area contributed by atoms with Crippen LogP contribution in [0.5, 0.6) is 0 Å². The number of aromatic amines is 1. The molecule has 0 aliphatic carbocycles. The van der Waals surface area contributed by atoms with E-state index >= 15 is 0 Å². The van der Waals surface area contributed by atoms with Crippen LogP contribution < -0.4 is 11.3 Å². The van der Waals surface area contributed by atoms with E-state index in [9.17, 15) is 22.5 Å². The highest BCUT2D eigenvalue weighted by Gasteiger charge is 2.33. The number of rotatable bonds is 4. The van der Waals surface area contributed by atoms with Gasteiger partial charge in [0.2, 0.25) is 5.56 Å². The number of aromatic nitrogens is 1. The molecule has 3 N–H and O–H groups in total. The highest BCUT2D eigenvalue weighted by atomic mass is 31.1. The third-order valence-corrected chi connectivity index (χ3v) is 3.61. The molecule has 1 aromatic carbocycles. The number of nitrogen functional groups attached to an aromatic ring is 1. The summed E-state index contributed by atoms with van der Waals surface area (Å²) in [6.07, 6.45) is -4.52. The van der Waals surface area contributed by atoms with Gasteiger partial charge in [0, 0.05) is 27.2 Å². The molecule has 132 valence electrons. The minimum Gasteiger partial charge on any atom is -0.398 e. The van der Waals surface area contributed by atoms with Crippen LogP contribution >= 0.6 is 8.25 Å². The second-order valence-corrected chi connectivity index (χ2v) is 5.37. The number of pyridine rings is 1. The standard InChI is InChI=1S/C10H7F3N2O.C4H10O3P/c11-10(12,13)6-4-8-5(3-7(6)14)1-2-9(16)15-8;1-3-6-8(5)7-4-2/h1-4H,14H2,(H,15,16);3-4H2,1-2H3/q;+1. The summed E-state index contributed by atoms with van der Waals surface area (Å²) >= 11 is 0. The highest BCUT2D eigenvalue weighted by molar-refractivity contribution is 7.33. The second kappa shape index (κ2) is 8.77. The summed E-state index contributed by atoms with van der Waals surface area (Å²) in [7, 11) is -1.83. The molecule has 0 aliphatic heterocycles. The van der Waals surface area contributed by atoms with Gasteiger partial charge in [0.25, 0.3) is 0 Å². The maximum atomic E-state index is 12.5. The molecule has 1 heterocycles. The van der Waals surface area contributed by atoms with Crippen molar-refractivity contribution in [2.45, 2.75) is 20.0 Å². The Hall–Kier alpha value is -1.96. The van der Waals surface area contributed by atoms with Crippen LogP contribution in [-0.4, -0.2) is 18.2 Å². The lowest BCUT2D eigenvalue weighted by Gasteiger charge is -2.10. The van der Waals surface area contributed by atoms with Crippen molar-refractivity contribution in [3.05, 3.63) is 40.2 Å². The van der Waals surface area contributed by atoms with Crippen molar-refractivity contribution >= 4 is 24.8 Å². The smallest absolute Gasteiger partial charge is 0.398 e. The SMILES string of the molecule is CCO[P+](=O)OCC.Nc1cc2ccc(=O)[nH]c2cc1C(F)(F)F. The third-order valence-electron chi connectivity index (χ3n) is 2.67. The predicted molar refractivity (Wildman–Crippen MR) is 84.8 cm³/mol. The van der Waals surface area contributed by atoms with E-state index in [4.69, 9.17) is 5.73 Å². The van der Waals surface area contributed by atoms with E-state index in [-0.39, 0.29) is 11.2 Å². The van der Waals surface area contributed by atoms with Crippen LogP contribution in [0.25, 0.3) is 10.9 Å². The molecule has 0 aliphatic rings. The fraction of sp³-hybridized carbons (Fsp3) is 0.357. The van der Waals surface area contributed by atoms with E-state index in [0.717, 1.165) is 6.07 Å². The Morgan fingerprint density at radius 2 is 1.75 bits per heavy atom. The maximum Gasteiger partial charge on any atom is 0.697 e. The predicted octanol–water partition coefficient (Wildman–Crippen LogP) is 3.85. The van der Waals surface area contributed by atoms with Crippen molar-refractivity contribution in [3.63, 3.8) is 0 Å². The number of nitrogens with one attached hydrogen (secondary N) is 1. The van der Waals surface area contributed by atoms with Crippen LogP contribution in [0, 0.1) is 0 Å². The Morgan fingerprint density at radius 1 is 1.17 bits per heavy atom. The highest BCUT2D eigenvalue weighted by Crippen LogP contribution is 2.35. The summed E-state index contributed by atoms with van der Waals surface area (Å²) in [5.74, 6) is 0. The Kier molecular flexibility index (Phi) is 7.34. The van der Waals surface area contributed by atoms with Crippen molar-refractivity contribution in [3.8, 4) is 0 Å². The molecular formula is C14H17F3N2O4P+. The van der Waals surface area contributed by atoms with Gasteiger partial charge in [-0.1, -0.05) is 0 Å². The van der Waals surface area contributed by atoms with Crippen LogP contribution in [0.1, 0.15) is 19.4 Å². The summed E-state index contributed by atoms with van der Waals surface area (Å²) in [5.41, 5.74) is 3.67. The minimum absolute atomic E-state index is 0.119. The van der Waals surface area contributed by atoms with Crippen LogP contribution in [0.4, 0.5) is 18.9 Å². The lowest BCUT2D eigenvalue weighted by Crippen LogP contribution is -2.10. The summed E-state index contributed by atoms with van der Waals surface area (Å²) in [4.78, 5) is 13.3. The number of halogens is 3.